The summed E-state index contributed by atoms with van der Waals surface area (Å²) in [5.74, 6) is 0.835. The van der Waals surface area contributed by atoms with Gasteiger partial charge in [-0.15, -0.1) is 0 Å². The first-order chi connectivity index (χ1) is 8.61. The van der Waals surface area contributed by atoms with E-state index >= 15 is 0 Å². The summed E-state index contributed by atoms with van der Waals surface area (Å²) in [6, 6.07) is 9.93. The van der Waals surface area contributed by atoms with Crippen molar-refractivity contribution in [3.8, 4) is 5.75 Å². The van der Waals surface area contributed by atoms with Crippen LogP contribution in [0.1, 0.15) is 24.2 Å². The first-order valence-corrected chi connectivity index (χ1v) is 6.03. The van der Waals surface area contributed by atoms with Crippen LogP contribution in [0.25, 0.3) is 0 Å². The molecule has 0 radical (unpaired) electrons. The van der Waals surface area contributed by atoms with E-state index in [1.807, 2.05) is 55.1 Å². The number of nitrogens with zero attached hydrogens (tertiary/aromatic N) is 2. The van der Waals surface area contributed by atoms with Crippen molar-refractivity contribution in [2.24, 2.45) is 5.73 Å². The largest absolute Gasteiger partial charge is 0.497 e. The van der Waals surface area contributed by atoms with Crippen LogP contribution in [0.4, 0.5) is 0 Å². The Kier molecular flexibility index (Phi) is 3.67. The van der Waals surface area contributed by atoms with Gasteiger partial charge >= 0.3 is 0 Å². The van der Waals surface area contributed by atoms with E-state index < -0.39 is 0 Å². The lowest BCUT2D eigenvalue weighted by Gasteiger charge is -2.22. The van der Waals surface area contributed by atoms with Crippen LogP contribution in [0.5, 0.6) is 5.75 Å². The molecule has 0 aliphatic heterocycles. The number of aromatic nitrogens is 2. The summed E-state index contributed by atoms with van der Waals surface area (Å²) in [7, 11) is 1.66. The summed E-state index contributed by atoms with van der Waals surface area (Å²) in [6.45, 7) is 3.96. The lowest BCUT2D eigenvalue weighted by molar-refractivity contribution is 0.409. The minimum Gasteiger partial charge on any atom is -0.497 e. The summed E-state index contributed by atoms with van der Waals surface area (Å²) in [4.78, 5) is 0. The van der Waals surface area contributed by atoms with Crippen molar-refractivity contribution < 1.29 is 4.74 Å². The molecular weight excluding hydrogens is 226 g/mol. The van der Waals surface area contributed by atoms with Gasteiger partial charge in [0.2, 0.25) is 0 Å². The lowest BCUT2D eigenvalue weighted by Crippen LogP contribution is -2.30. The molecule has 2 unspecified atom stereocenters. The number of benzene rings is 1. The molecule has 0 aliphatic rings. The van der Waals surface area contributed by atoms with Gasteiger partial charge in [0.05, 0.1) is 18.8 Å². The van der Waals surface area contributed by atoms with Gasteiger partial charge in [0.15, 0.2) is 0 Å². The van der Waals surface area contributed by atoms with E-state index in [1.54, 1.807) is 7.11 Å². The lowest BCUT2D eigenvalue weighted by atomic mass is 10.0. The summed E-state index contributed by atoms with van der Waals surface area (Å²) < 4.78 is 7.17. The fourth-order valence-corrected chi connectivity index (χ4v) is 2.11. The van der Waals surface area contributed by atoms with E-state index in [2.05, 4.69) is 5.10 Å². The first kappa shape index (κ1) is 12.6. The van der Waals surface area contributed by atoms with Gasteiger partial charge in [-0.1, -0.05) is 12.1 Å². The molecule has 0 spiro atoms. The van der Waals surface area contributed by atoms with Gasteiger partial charge in [-0.3, -0.25) is 4.68 Å². The number of ether oxygens (including phenoxy) is 1. The SMILES string of the molecule is COc1cccc(C(C(C)N)n2ccc(C)n2)c1. The third kappa shape index (κ3) is 2.54. The Morgan fingerprint density at radius 2 is 2.11 bits per heavy atom. The Hall–Kier alpha value is -1.81. The quantitative estimate of drug-likeness (QED) is 0.897. The molecule has 1 heterocycles. The van der Waals surface area contributed by atoms with Crippen LogP contribution in [-0.4, -0.2) is 22.9 Å². The molecule has 18 heavy (non-hydrogen) atoms. The fourth-order valence-electron chi connectivity index (χ4n) is 2.11. The molecular formula is C14H19N3O. The summed E-state index contributed by atoms with van der Waals surface area (Å²) in [5, 5.41) is 4.46. The Bertz CT molecular complexity index is 519. The minimum absolute atomic E-state index is 0.0220. The van der Waals surface area contributed by atoms with E-state index in [-0.39, 0.29) is 12.1 Å². The van der Waals surface area contributed by atoms with Gasteiger partial charge in [0.1, 0.15) is 5.75 Å². The van der Waals surface area contributed by atoms with Crippen molar-refractivity contribution in [3.63, 3.8) is 0 Å². The van der Waals surface area contributed by atoms with Crippen LogP contribution in [0.15, 0.2) is 36.5 Å². The van der Waals surface area contributed by atoms with E-state index in [0.717, 1.165) is 17.0 Å². The summed E-state index contributed by atoms with van der Waals surface area (Å²) in [5.41, 5.74) is 8.19. The zero-order valence-corrected chi connectivity index (χ0v) is 11.0. The third-order valence-electron chi connectivity index (χ3n) is 2.96. The van der Waals surface area contributed by atoms with E-state index in [4.69, 9.17) is 10.5 Å². The Morgan fingerprint density at radius 1 is 1.33 bits per heavy atom. The predicted molar refractivity (Wildman–Crippen MR) is 71.7 cm³/mol. The van der Waals surface area contributed by atoms with Gasteiger partial charge < -0.3 is 10.5 Å². The molecule has 2 aromatic rings. The predicted octanol–water partition coefficient (Wildman–Crippen LogP) is 2.14. The van der Waals surface area contributed by atoms with E-state index in [1.165, 1.54) is 0 Å². The molecule has 0 saturated carbocycles. The highest BCUT2D eigenvalue weighted by Crippen LogP contribution is 2.24. The molecule has 4 nitrogen and oxygen atoms in total. The van der Waals surface area contributed by atoms with Crippen LogP contribution >= 0.6 is 0 Å². The second kappa shape index (κ2) is 5.23. The minimum atomic E-state index is -0.0311. The van der Waals surface area contributed by atoms with Crippen molar-refractivity contribution >= 4 is 0 Å². The van der Waals surface area contributed by atoms with Crippen LogP contribution in [0.3, 0.4) is 0 Å². The molecule has 2 atom stereocenters. The van der Waals surface area contributed by atoms with Crippen molar-refractivity contribution in [3.05, 3.63) is 47.8 Å². The number of rotatable bonds is 4. The van der Waals surface area contributed by atoms with Gasteiger partial charge in [-0.25, -0.2) is 0 Å². The molecule has 1 aromatic heterocycles. The van der Waals surface area contributed by atoms with Crippen LogP contribution < -0.4 is 10.5 Å². The maximum Gasteiger partial charge on any atom is 0.119 e. The molecule has 0 bridgehead atoms. The smallest absolute Gasteiger partial charge is 0.119 e. The Labute approximate surface area is 107 Å². The molecule has 1 aromatic carbocycles. The highest BCUT2D eigenvalue weighted by Gasteiger charge is 2.19. The molecule has 4 heteroatoms. The maximum atomic E-state index is 6.10. The molecule has 0 amide bonds. The summed E-state index contributed by atoms with van der Waals surface area (Å²) in [6.07, 6.45) is 1.96. The number of hydrogen-bond donors (Lipinski definition) is 1. The zero-order valence-electron chi connectivity index (χ0n) is 11.0. The zero-order chi connectivity index (χ0) is 13.1. The molecule has 0 aliphatic carbocycles. The monoisotopic (exact) mass is 245 g/mol. The third-order valence-corrected chi connectivity index (χ3v) is 2.96. The van der Waals surface area contributed by atoms with Crippen molar-refractivity contribution in [1.82, 2.24) is 9.78 Å². The second-order valence-electron chi connectivity index (χ2n) is 4.52. The van der Waals surface area contributed by atoms with E-state index in [0.29, 0.717) is 0 Å². The van der Waals surface area contributed by atoms with Crippen LogP contribution in [-0.2, 0) is 0 Å². The second-order valence-corrected chi connectivity index (χ2v) is 4.52. The van der Waals surface area contributed by atoms with Crippen molar-refractivity contribution in [2.45, 2.75) is 25.9 Å². The molecule has 0 saturated heterocycles. The number of nitrogens with two attached hydrogens (primary N) is 1. The average molecular weight is 245 g/mol. The van der Waals surface area contributed by atoms with Crippen molar-refractivity contribution in [2.75, 3.05) is 7.11 Å². The topological polar surface area (TPSA) is 53.1 Å². The van der Waals surface area contributed by atoms with Gasteiger partial charge in [0, 0.05) is 12.2 Å². The Balaban J connectivity index is 2.41. The van der Waals surface area contributed by atoms with Gasteiger partial charge in [-0.2, -0.15) is 5.10 Å². The summed E-state index contributed by atoms with van der Waals surface area (Å²) >= 11 is 0. The van der Waals surface area contributed by atoms with Gasteiger partial charge in [-0.05, 0) is 37.6 Å². The van der Waals surface area contributed by atoms with Crippen LogP contribution in [0.2, 0.25) is 0 Å². The molecule has 2 rings (SSSR count). The number of aryl methyl sites for hydroxylation is 1. The first-order valence-electron chi connectivity index (χ1n) is 6.03. The number of hydrogen-bond acceptors (Lipinski definition) is 3. The average Bonchev–Trinajstić information content (AvgIpc) is 2.75. The maximum absolute atomic E-state index is 6.10. The molecule has 96 valence electrons. The number of methoxy groups -OCH3 is 1. The van der Waals surface area contributed by atoms with E-state index in [9.17, 15) is 0 Å². The fraction of sp³-hybridized carbons (Fsp3) is 0.357. The molecule has 0 fully saturated rings. The van der Waals surface area contributed by atoms with Crippen molar-refractivity contribution in [1.29, 1.82) is 0 Å². The van der Waals surface area contributed by atoms with Crippen LogP contribution in [0, 0.1) is 6.92 Å². The molecule has 2 N–H and O–H groups in total. The normalized spacial score (nSPS) is 14.2. The van der Waals surface area contributed by atoms with Gasteiger partial charge in [0.25, 0.3) is 0 Å². The highest BCUT2D eigenvalue weighted by atomic mass is 16.5. The Morgan fingerprint density at radius 3 is 2.67 bits per heavy atom. The standard InChI is InChI=1S/C14H19N3O/c1-10-7-8-17(16-10)14(11(2)15)12-5-4-6-13(9-12)18-3/h4-9,11,14H,15H2,1-3H3. The highest BCUT2D eigenvalue weighted by molar-refractivity contribution is 5.31.